The van der Waals surface area contributed by atoms with Gasteiger partial charge in [-0.05, 0) is 30.7 Å². The van der Waals surface area contributed by atoms with Crippen LogP contribution in [0.4, 0.5) is 0 Å². The molecule has 2 unspecified atom stereocenters. The van der Waals surface area contributed by atoms with Crippen molar-refractivity contribution in [1.29, 1.82) is 0 Å². The van der Waals surface area contributed by atoms with Gasteiger partial charge in [-0.15, -0.1) is 0 Å². The average molecular weight is 245 g/mol. The van der Waals surface area contributed by atoms with Crippen molar-refractivity contribution in [2.24, 2.45) is 11.5 Å². The molecule has 0 saturated carbocycles. The molecule has 5 N–H and O–H groups in total. The molecule has 2 atom stereocenters. The largest absolute Gasteiger partial charge is 0.495 e. The molecule has 0 aliphatic heterocycles. The van der Waals surface area contributed by atoms with Gasteiger partial charge in [-0.1, -0.05) is 17.7 Å². The van der Waals surface area contributed by atoms with Crippen LogP contribution in [0.15, 0.2) is 18.2 Å². The molecule has 1 aromatic carbocycles. The third-order valence-electron chi connectivity index (χ3n) is 2.42. The highest BCUT2D eigenvalue weighted by molar-refractivity contribution is 6.32. The summed E-state index contributed by atoms with van der Waals surface area (Å²) < 4.78 is 5.02. The molecule has 1 rings (SSSR count). The molecular formula is C11H17ClN2O2. The molecule has 0 amide bonds. The lowest BCUT2D eigenvalue weighted by Crippen LogP contribution is -2.30. The Hall–Kier alpha value is -0.810. The molecule has 0 saturated heterocycles. The van der Waals surface area contributed by atoms with Crippen molar-refractivity contribution in [3.05, 3.63) is 28.8 Å². The first-order chi connectivity index (χ1) is 7.60. The molecule has 0 heterocycles. The van der Waals surface area contributed by atoms with Crippen LogP contribution in [0.5, 0.6) is 5.75 Å². The molecule has 0 fully saturated rings. The van der Waals surface area contributed by atoms with Crippen LogP contribution >= 0.6 is 11.6 Å². The molecule has 0 aliphatic carbocycles. The fourth-order valence-electron chi connectivity index (χ4n) is 1.46. The number of halogens is 1. The number of aliphatic hydroxyl groups excluding tert-OH is 1. The molecule has 4 nitrogen and oxygen atoms in total. The Labute approximate surface area is 100 Å². The number of nitrogens with two attached hydrogens (primary N) is 2. The first kappa shape index (κ1) is 13.3. The maximum atomic E-state index is 9.93. The number of methoxy groups -OCH3 is 1. The fourth-order valence-corrected chi connectivity index (χ4v) is 1.73. The van der Waals surface area contributed by atoms with Gasteiger partial charge in [-0.25, -0.2) is 0 Å². The van der Waals surface area contributed by atoms with Crippen molar-refractivity contribution in [1.82, 2.24) is 0 Å². The van der Waals surface area contributed by atoms with E-state index in [1.54, 1.807) is 18.2 Å². The molecule has 0 spiro atoms. The van der Waals surface area contributed by atoms with Crippen LogP contribution in [0.1, 0.15) is 18.1 Å². The van der Waals surface area contributed by atoms with Gasteiger partial charge in [0.15, 0.2) is 0 Å². The normalized spacial score (nSPS) is 14.6. The molecule has 0 radical (unpaired) electrons. The highest BCUT2D eigenvalue weighted by atomic mass is 35.5. The van der Waals surface area contributed by atoms with E-state index in [2.05, 4.69) is 0 Å². The molecule has 16 heavy (non-hydrogen) atoms. The van der Waals surface area contributed by atoms with E-state index in [1.807, 2.05) is 0 Å². The summed E-state index contributed by atoms with van der Waals surface area (Å²) in [6, 6.07) is 4.72. The zero-order valence-electron chi connectivity index (χ0n) is 9.19. The van der Waals surface area contributed by atoms with Crippen molar-refractivity contribution in [2.45, 2.75) is 18.6 Å². The Balaban J connectivity index is 2.84. The Bertz CT molecular complexity index is 347. The fraction of sp³-hybridized carbons (Fsp3) is 0.455. The molecule has 90 valence electrons. The SMILES string of the molecule is COc1ccc(C(O)C(N)CCN)cc1Cl. The van der Waals surface area contributed by atoms with E-state index < -0.39 is 6.10 Å². The Morgan fingerprint density at radius 3 is 2.69 bits per heavy atom. The second-order valence-corrected chi connectivity index (χ2v) is 3.99. The third kappa shape index (κ3) is 3.09. The van der Waals surface area contributed by atoms with Gasteiger partial charge in [-0.2, -0.15) is 0 Å². The number of rotatable bonds is 5. The summed E-state index contributed by atoms with van der Waals surface area (Å²) in [6.07, 6.45) is -0.197. The van der Waals surface area contributed by atoms with Crippen molar-refractivity contribution >= 4 is 11.6 Å². The van der Waals surface area contributed by atoms with E-state index in [1.165, 1.54) is 7.11 Å². The Morgan fingerprint density at radius 1 is 1.50 bits per heavy atom. The highest BCUT2D eigenvalue weighted by Crippen LogP contribution is 2.28. The van der Waals surface area contributed by atoms with Crippen LogP contribution in [0.2, 0.25) is 5.02 Å². The summed E-state index contributed by atoms with van der Waals surface area (Å²) in [7, 11) is 1.54. The quantitative estimate of drug-likeness (QED) is 0.723. The minimum absolute atomic E-state index is 0.380. The van der Waals surface area contributed by atoms with Gasteiger partial charge in [0.2, 0.25) is 0 Å². The third-order valence-corrected chi connectivity index (χ3v) is 2.72. The lowest BCUT2D eigenvalue weighted by atomic mass is 10.0. The van der Waals surface area contributed by atoms with Crippen LogP contribution in [-0.2, 0) is 0 Å². The summed E-state index contributed by atoms with van der Waals surface area (Å²) in [4.78, 5) is 0. The van der Waals surface area contributed by atoms with Gasteiger partial charge in [-0.3, -0.25) is 0 Å². The van der Waals surface area contributed by atoms with Gasteiger partial charge in [0.05, 0.1) is 18.2 Å². The van der Waals surface area contributed by atoms with Gasteiger partial charge >= 0.3 is 0 Å². The van der Waals surface area contributed by atoms with Crippen molar-refractivity contribution in [2.75, 3.05) is 13.7 Å². The second-order valence-electron chi connectivity index (χ2n) is 3.58. The van der Waals surface area contributed by atoms with Crippen LogP contribution in [0.3, 0.4) is 0 Å². The molecule has 0 bridgehead atoms. The minimum Gasteiger partial charge on any atom is -0.495 e. The summed E-state index contributed by atoms with van der Waals surface area (Å²) >= 11 is 5.95. The summed E-state index contributed by atoms with van der Waals surface area (Å²) in [5.41, 5.74) is 11.8. The zero-order valence-corrected chi connectivity index (χ0v) is 9.95. The zero-order chi connectivity index (χ0) is 12.1. The molecular weight excluding hydrogens is 228 g/mol. The van der Waals surface area contributed by atoms with Gasteiger partial charge < -0.3 is 21.3 Å². The highest BCUT2D eigenvalue weighted by Gasteiger charge is 2.17. The van der Waals surface area contributed by atoms with E-state index in [-0.39, 0.29) is 6.04 Å². The second kappa shape index (κ2) is 6.06. The van der Waals surface area contributed by atoms with E-state index in [9.17, 15) is 5.11 Å². The lowest BCUT2D eigenvalue weighted by Gasteiger charge is -2.19. The van der Waals surface area contributed by atoms with Gasteiger partial charge in [0, 0.05) is 6.04 Å². The van der Waals surface area contributed by atoms with Crippen LogP contribution in [0.25, 0.3) is 0 Å². The number of aliphatic hydroxyl groups is 1. The van der Waals surface area contributed by atoms with Crippen molar-refractivity contribution in [3.8, 4) is 5.75 Å². The van der Waals surface area contributed by atoms with Gasteiger partial charge in [0.25, 0.3) is 0 Å². The average Bonchev–Trinajstić information content (AvgIpc) is 2.28. The van der Waals surface area contributed by atoms with E-state index in [0.29, 0.717) is 29.3 Å². The predicted octanol–water partition coefficient (Wildman–Crippen LogP) is 1.06. The minimum atomic E-state index is -0.757. The van der Waals surface area contributed by atoms with E-state index in [0.717, 1.165) is 0 Å². The first-order valence-electron chi connectivity index (χ1n) is 5.07. The van der Waals surface area contributed by atoms with E-state index >= 15 is 0 Å². The molecule has 0 aliphatic rings. The number of ether oxygens (including phenoxy) is 1. The lowest BCUT2D eigenvalue weighted by molar-refractivity contribution is 0.143. The van der Waals surface area contributed by atoms with Crippen molar-refractivity contribution in [3.63, 3.8) is 0 Å². The maximum absolute atomic E-state index is 9.93. The Morgan fingerprint density at radius 2 is 2.19 bits per heavy atom. The molecule has 0 aromatic heterocycles. The molecule has 5 heteroatoms. The first-order valence-corrected chi connectivity index (χ1v) is 5.45. The van der Waals surface area contributed by atoms with Crippen LogP contribution in [0, 0.1) is 0 Å². The standard InChI is InChI=1S/C11H17ClN2O2/c1-16-10-3-2-7(6-8(10)12)11(15)9(14)4-5-13/h2-3,6,9,11,15H,4-5,13-14H2,1H3. The van der Waals surface area contributed by atoms with Crippen molar-refractivity contribution < 1.29 is 9.84 Å². The number of hydrogen-bond donors (Lipinski definition) is 3. The topological polar surface area (TPSA) is 81.5 Å². The summed E-state index contributed by atoms with van der Waals surface area (Å²) in [5, 5.41) is 10.4. The summed E-state index contributed by atoms with van der Waals surface area (Å²) in [6.45, 7) is 0.447. The number of benzene rings is 1. The predicted molar refractivity (Wildman–Crippen MR) is 64.6 cm³/mol. The Kier molecular flexibility index (Phi) is 5.02. The monoisotopic (exact) mass is 244 g/mol. The van der Waals surface area contributed by atoms with Gasteiger partial charge in [0.1, 0.15) is 5.75 Å². The maximum Gasteiger partial charge on any atom is 0.137 e. The summed E-state index contributed by atoms with van der Waals surface area (Å²) in [5.74, 6) is 0.574. The van der Waals surface area contributed by atoms with Crippen LogP contribution in [-0.4, -0.2) is 24.8 Å². The number of hydrogen-bond acceptors (Lipinski definition) is 4. The molecule has 1 aromatic rings. The van der Waals surface area contributed by atoms with E-state index in [4.69, 9.17) is 27.8 Å². The smallest absolute Gasteiger partial charge is 0.137 e. The van der Waals surface area contributed by atoms with Crippen LogP contribution < -0.4 is 16.2 Å².